The maximum absolute atomic E-state index is 13.8. The summed E-state index contributed by atoms with van der Waals surface area (Å²) in [4.78, 5) is 41.9. The number of hydrogen-bond donors (Lipinski definition) is 2. The van der Waals surface area contributed by atoms with Crippen LogP contribution in [0.3, 0.4) is 0 Å². The Kier molecular flexibility index (Phi) is 7.01. The lowest BCUT2D eigenvalue weighted by atomic mass is 9.65. The first kappa shape index (κ1) is 24.0. The molecule has 1 spiro atoms. The maximum atomic E-state index is 13.8. The van der Waals surface area contributed by atoms with Crippen molar-refractivity contribution >= 4 is 17.8 Å². The highest BCUT2D eigenvalue weighted by atomic mass is 16.6. The van der Waals surface area contributed by atoms with Crippen LogP contribution >= 0.6 is 0 Å². The van der Waals surface area contributed by atoms with E-state index in [1.54, 1.807) is 6.92 Å². The molecule has 3 saturated heterocycles. The quantitative estimate of drug-likeness (QED) is 0.397. The molecule has 3 aliphatic heterocycles. The number of ether oxygens (including phenoxy) is 2. The van der Waals surface area contributed by atoms with Gasteiger partial charge < -0.3 is 24.8 Å². The number of aliphatic hydroxyl groups excluding tert-OH is 1. The monoisotopic (exact) mass is 438 g/mol. The van der Waals surface area contributed by atoms with Crippen LogP contribution < -0.4 is 5.32 Å². The minimum atomic E-state index is -1.07. The van der Waals surface area contributed by atoms with Gasteiger partial charge in [-0.15, -0.1) is 0 Å². The summed E-state index contributed by atoms with van der Waals surface area (Å²) in [6.07, 6.45) is 3.48. The highest BCUT2D eigenvalue weighted by Crippen LogP contribution is 2.64. The van der Waals surface area contributed by atoms with Crippen molar-refractivity contribution in [1.29, 1.82) is 0 Å². The van der Waals surface area contributed by atoms with Gasteiger partial charge in [-0.1, -0.05) is 34.1 Å². The summed E-state index contributed by atoms with van der Waals surface area (Å²) < 4.78 is 12.0. The van der Waals surface area contributed by atoms with E-state index in [0.717, 1.165) is 12.8 Å². The number of nitrogens with one attached hydrogen (secondary N) is 1. The lowest BCUT2D eigenvalue weighted by Gasteiger charge is -2.38. The third-order valence-corrected chi connectivity index (χ3v) is 7.55. The normalized spacial score (nSPS) is 34.9. The molecular weight excluding hydrogens is 400 g/mol. The van der Waals surface area contributed by atoms with Crippen molar-refractivity contribution in [2.24, 2.45) is 17.8 Å². The van der Waals surface area contributed by atoms with Crippen LogP contribution in [0.4, 0.5) is 0 Å². The Morgan fingerprint density at radius 3 is 2.55 bits per heavy atom. The van der Waals surface area contributed by atoms with Gasteiger partial charge in [-0.2, -0.15) is 0 Å². The van der Waals surface area contributed by atoms with Crippen molar-refractivity contribution in [3.8, 4) is 0 Å². The first-order chi connectivity index (χ1) is 14.7. The number of esters is 1. The zero-order chi connectivity index (χ0) is 23.0. The number of likely N-dealkylation sites (tertiary alicyclic amines) is 1. The van der Waals surface area contributed by atoms with Gasteiger partial charge >= 0.3 is 5.97 Å². The van der Waals surface area contributed by atoms with Crippen LogP contribution in [0, 0.1) is 17.8 Å². The van der Waals surface area contributed by atoms with Crippen LogP contribution in [0.2, 0.25) is 0 Å². The van der Waals surface area contributed by atoms with Crippen molar-refractivity contribution in [2.45, 2.75) is 90.0 Å². The predicted octanol–water partition coefficient (Wildman–Crippen LogP) is 1.64. The Labute approximate surface area is 185 Å². The second-order valence-electron chi connectivity index (χ2n) is 9.47. The molecule has 3 aliphatic rings. The summed E-state index contributed by atoms with van der Waals surface area (Å²) in [7, 11) is 0. The Bertz CT molecular complexity index is 712. The average molecular weight is 439 g/mol. The molecule has 8 heteroatoms. The van der Waals surface area contributed by atoms with Crippen molar-refractivity contribution in [1.82, 2.24) is 10.2 Å². The fraction of sp³-hybridized carbons (Fsp3) is 0.870. The number of carbonyl (C=O) groups excluding carboxylic acids is 3. The molecule has 0 saturated carbocycles. The van der Waals surface area contributed by atoms with E-state index in [9.17, 15) is 19.5 Å². The van der Waals surface area contributed by atoms with E-state index in [4.69, 9.17) is 9.47 Å². The highest BCUT2D eigenvalue weighted by Gasteiger charge is 2.79. The number of rotatable bonds is 10. The number of nitrogens with zero attached hydrogens (tertiary/aromatic N) is 1. The second kappa shape index (κ2) is 9.06. The molecule has 31 heavy (non-hydrogen) atoms. The number of carbonyl (C=O) groups is 3. The summed E-state index contributed by atoms with van der Waals surface area (Å²) in [6, 6.07) is -1.40. The van der Waals surface area contributed by atoms with Gasteiger partial charge in [0.1, 0.15) is 17.6 Å². The second-order valence-corrected chi connectivity index (χ2v) is 9.47. The molecule has 0 radical (unpaired) electrons. The van der Waals surface area contributed by atoms with Crippen LogP contribution in [0.5, 0.6) is 0 Å². The molecule has 0 aromatic carbocycles. The molecule has 2 amide bonds. The highest BCUT2D eigenvalue weighted by molar-refractivity contribution is 5.98. The van der Waals surface area contributed by atoms with Gasteiger partial charge in [-0.3, -0.25) is 14.4 Å². The molecule has 3 fully saturated rings. The fourth-order valence-corrected chi connectivity index (χ4v) is 6.01. The van der Waals surface area contributed by atoms with E-state index >= 15 is 0 Å². The first-order valence-corrected chi connectivity index (χ1v) is 11.8. The topological polar surface area (TPSA) is 105 Å². The summed E-state index contributed by atoms with van der Waals surface area (Å²) in [5, 5.41) is 13.1. The third kappa shape index (κ3) is 3.55. The number of aliphatic hydroxyl groups is 1. The third-order valence-electron chi connectivity index (χ3n) is 7.55. The molecule has 3 rings (SSSR count). The van der Waals surface area contributed by atoms with E-state index in [1.165, 1.54) is 4.90 Å². The number of hydrogen-bond acceptors (Lipinski definition) is 6. The molecule has 0 aromatic rings. The lowest BCUT2D eigenvalue weighted by Crippen LogP contribution is -2.59. The first-order valence-electron chi connectivity index (χ1n) is 11.8. The number of unbranched alkanes of at least 4 members (excludes halogenated alkanes) is 1. The number of amides is 2. The van der Waals surface area contributed by atoms with Crippen LogP contribution in [0.15, 0.2) is 0 Å². The van der Waals surface area contributed by atoms with Crippen LogP contribution in [-0.4, -0.2) is 70.8 Å². The van der Waals surface area contributed by atoms with Crippen molar-refractivity contribution in [2.75, 3.05) is 19.8 Å². The molecule has 0 aromatic heterocycles. The molecule has 0 aliphatic carbocycles. The fourth-order valence-electron chi connectivity index (χ4n) is 6.01. The van der Waals surface area contributed by atoms with E-state index in [-0.39, 0.29) is 30.9 Å². The SMILES string of the molecule is CCCCNC(=O)C1N([C@@H](CO)C(C)C)C(=O)[C@@H]2[C@H](C(=O)OCC)[C@]3(CC)CCC12O3. The predicted molar refractivity (Wildman–Crippen MR) is 114 cm³/mol. The van der Waals surface area contributed by atoms with E-state index in [1.807, 2.05) is 27.7 Å². The Hall–Kier alpha value is -1.67. The molecule has 6 atom stereocenters. The van der Waals surface area contributed by atoms with Gasteiger partial charge in [0, 0.05) is 6.54 Å². The Morgan fingerprint density at radius 2 is 2.00 bits per heavy atom. The maximum Gasteiger partial charge on any atom is 0.312 e. The van der Waals surface area contributed by atoms with Gasteiger partial charge in [0.05, 0.1) is 30.8 Å². The van der Waals surface area contributed by atoms with Gasteiger partial charge in [-0.25, -0.2) is 0 Å². The zero-order valence-electron chi connectivity index (χ0n) is 19.5. The molecule has 2 bridgehead atoms. The van der Waals surface area contributed by atoms with Crippen molar-refractivity contribution < 1.29 is 29.0 Å². The van der Waals surface area contributed by atoms with Gasteiger partial charge in [0.2, 0.25) is 11.8 Å². The minimum Gasteiger partial charge on any atom is -0.466 e. The zero-order valence-corrected chi connectivity index (χ0v) is 19.5. The summed E-state index contributed by atoms with van der Waals surface area (Å²) in [6.45, 7) is 10.1. The largest absolute Gasteiger partial charge is 0.466 e. The summed E-state index contributed by atoms with van der Waals surface area (Å²) in [5.41, 5.74) is -1.85. The molecule has 176 valence electrons. The van der Waals surface area contributed by atoms with Crippen LogP contribution in [-0.2, 0) is 23.9 Å². The van der Waals surface area contributed by atoms with Gasteiger partial charge in [0.15, 0.2) is 0 Å². The standard InChI is InChI=1S/C23H38N2O6/c1-6-9-12-24-19(27)18-23-11-10-22(7-2,31-23)17(21(29)30-8-3)16(23)20(28)25(18)15(13-26)14(4)5/h14-18,26H,6-13H2,1-5H3,(H,24,27)/t15-,16-,17+,18?,22-,23?/m0/s1. The smallest absolute Gasteiger partial charge is 0.312 e. The van der Waals surface area contributed by atoms with Gasteiger partial charge in [0.25, 0.3) is 0 Å². The van der Waals surface area contributed by atoms with E-state index < -0.39 is 41.1 Å². The van der Waals surface area contributed by atoms with E-state index in [2.05, 4.69) is 5.32 Å². The summed E-state index contributed by atoms with van der Waals surface area (Å²) in [5.74, 6) is -2.54. The summed E-state index contributed by atoms with van der Waals surface area (Å²) >= 11 is 0. The molecular formula is C23H38N2O6. The molecule has 2 N–H and O–H groups in total. The van der Waals surface area contributed by atoms with Crippen molar-refractivity contribution in [3.63, 3.8) is 0 Å². The number of fused-ring (bicyclic) bond motifs is 1. The lowest BCUT2D eigenvalue weighted by molar-refractivity contribution is -0.162. The Balaban J connectivity index is 2.08. The molecule has 3 heterocycles. The Morgan fingerprint density at radius 1 is 1.29 bits per heavy atom. The minimum absolute atomic E-state index is 0.0616. The molecule has 2 unspecified atom stereocenters. The van der Waals surface area contributed by atoms with E-state index in [0.29, 0.717) is 25.8 Å². The van der Waals surface area contributed by atoms with Crippen LogP contribution in [0.1, 0.15) is 66.7 Å². The van der Waals surface area contributed by atoms with Crippen molar-refractivity contribution in [3.05, 3.63) is 0 Å². The average Bonchev–Trinajstić information content (AvgIpc) is 3.33. The molecule has 8 nitrogen and oxygen atoms in total. The van der Waals surface area contributed by atoms with Crippen LogP contribution in [0.25, 0.3) is 0 Å². The van der Waals surface area contributed by atoms with Gasteiger partial charge in [-0.05, 0) is 38.5 Å².